The first-order chi connectivity index (χ1) is 15.1. The number of pyridine rings is 1. The van der Waals surface area contributed by atoms with E-state index in [0.29, 0.717) is 13.2 Å². The Labute approximate surface area is 185 Å². The summed E-state index contributed by atoms with van der Waals surface area (Å²) in [5, 5.41) is 6.85. The second kappa shape index (κ2) is 11.7. The monoisotopic (exact) mass is 425 g/mol. The molecule has 2 aromatic rings. The van der Waals surface area contributed by atoms with Crippen molar-refractivity contribution in [3.63, 3.8) is 0 Å². The Bertz CT molecular complexity index is 820. The third-order valence-electron chi connectivity index (χ3n) is 5.33. The van der Waals surface area contributed by atoms with E-state index in [2.05, 4.69) is 47.4 Å². The molecular weight excluding hydrogens is 390 g/mol. The Hall–Kier alpha value is -2.64. The van der Waals surface area contributed by atoms with Crippen molar-refractivity contribution in [2.75, 3.05) is 39.4 Å². The van der Waals surface area contributed by atoms with Gasteiger partial charge >= 0.3 is 0 Å². The lowest BCUT2D eigenvalue weighted by atomic mass is 10.0. The van der Waals surface area contributed by atoms with Crippen molar-refractivity contribution < 1.29 is 9.47 Å². The summed E-state index contributed by atoms with van der Waals surface area (Å²) >= 11 is 0. The fraction of sp³-hybridized carbons (Fsp3) is 0.500. The van der Waals surface area contributed by atoms with Crippen molar-refractivity contribution in [3.05, 3.63) is 59.9 Å². The molecule has 0 aliphatic carbocycles. The summed E-state index contributed by atoms with van der Waals surface area (Å²) in [4.78, 5) is 11.5. The van der Waals surface area contributed by atoms with Crippen LogP contribution in [0.1, 0.15) is 32.0 Å². The third kappa shape index (κ3) is 7.52. The SMILES string of the molecule is CCNC(=NCc1cccc(OCc2ccccn2)c1)NCC(C)(C)N1CCOCC1. The van der Waals surface area contributed by atoms with Crippen LogP contribution in [0.2, 0.25) is 0 Å². The van der Waals surface area contributed by atoms with Crippen LogP contribution < -0.4 is 15.4 Å². The molecule has 3 rings (SSSR count). The van der Waals surface area contributed by atoms with Crippen LogP contribution in [0.25, 0.3) is 0 Å². The molecular formula is C24H35N5O2. The summed E-state index contributed by atoms with van der Waals surface area (Å²) in [6.07, 6.45) is 1.78. The fourth-order valence-corrected chi connectivity index (χ4v) is 3.47. The van der Waals surface area contributed by atoms with Crippen LogP contribution in [-0.2, 0) is 17.9 Å². The second-order valence-corrected chi connectivity index (χ2v) is 8.22. The molecule has 2 N–H and O–H groups in total. The maximum absolute atomic E-state index is 5.89. The van der Waals surface area contributed by atoms with Crippen LogP contribution in [0.5, 0.6) is 5.75 Å². The number of ether oxygens (including phenoxy) is 2. The van der Waals surface area contributed by atoms with Gasteiger partial charge in [0.2, 0.25) is 0 Å². The van der Waals surface area contributed by atoms with Crippen molar-refractivity contribution in [1.82, 2.24) is 20.5 Å². The quantitative estimate of drug-likeness (QED) is 0.476. The zero-order valence-corrected chi connectivity index (χ0v) is 18.9. The van der Waals surface area contributed by atoms with E-state index in [1.807, 2.05) is 36.4 Å². The number of hydrogen-bond donors (Lipinski definition) is 2. The molecule has 7 heteroatoms. The summed E-state index contributed by atoms with van der Waals surface area (Å²) in [5.41, 5.74) is 2.04. The van der Waals surface area contributed by atoms with Crippen LogP contribution in [-0.4, -0.2) is 60.8 Å². The van der Waals surface area contributed by atoms with Gasteiger partial charge in [0.1, 0.15) is 12.4 Å². The van der Waals surface area contributed by atoms with Crippen LogP contribution in [0.15, 0.2) is 53.7 Å². The van der Waals surface area contributed by atoms with Gasteiger partial charge in [-0.2, -0.15) is 0 Å². The number of rotatable bonds is 9. The van der Waals surface area contributed by atoms with Gasteiger partial charge in [-0.15, -0.1) is 0 Å². The fourth-order valence-electron chi connectivity index (χ4n) is 3.47. The minimum absolute atomic E-state index is 0.0270. The average Bonchev–Trinajstić information content (AvgIpc) is 2.81. The maximum atomic E-state index is 5.89. The lowest BCUT2D eigenvalue weighted by molar-refractivity contribution is -0.00834. The number of hydrogen-bond acceptors (Lipinski definition) is 5. The molecule has 1 aliphatic heterocycles. The highest BCUT2D eigenvalue weighted by Gasteiger charge is 2.28. The number of benzene rings is 1. The number of nitrogens with one attached hydrogen (secondary N) is 2. The summed E-state index contributed by atoms with van der Waals surface area (Å²) < 4.78 is 11.4. The first kappa shape index (κ1) is 23.0. The summed E-state index contributed by atoms with van der Waals surface area (Å²) in [5.74, 6) is 1.65. The molecule has 1 saturated heterocycles. The highest BCUT2D eigenvalue weighted by atomic mass is 16.5. The zero-order valence-electron chi connectivity index (χ0n) is 18.9. The number of guanidine groups is 1. The third-order valence-corrected chi connectivity index (χ3v) is 5.33. The van der Waals surface area contributed by atoms with Gasteiger partial charge in [0, 0.05) is 37.9 Å². The molecule has 0 saturated carbocycles. The normalized spacial score (nSPS) is 15.5. The van der Waals surface area contributed by atoms with Gasteiger partial charge in [-0.05, 0) is 50.6 Å². The number of aliphatic imine (C=N–C) groups is 1. The molecule has 168 valence electrons. The minimum Gasteiger partial charge on any atom is -0.487 e. The second-order valence-electron chi connectivity index (χ2n) is 8.22. The lowest BCUT2D eigenvalue weighted by Crippen LogP contribution is -2.56. The molecule has 1 aliphatic rings. The molecule has 0 spiro atoms. The van der Waals surface area contributed by atoms with Gasteiger partial charge < -0.3 is 20.1 Å². The van der Waals surface area contributed by atoms with Gasteiger partial charge in [-0.25, -0.2) is 4.99 Å². The van der Waals surface area contributed by atoms with Crippen LogP contribution in [0.3, 0.4) is 0 Å². The molecule has 1 aromatic carbocycles. The Balaban J connectivity index is 1.55. The molecule has 0 bridgehead atoms. The molecule has 31 heavy (non-hydrogen) atoms. The first-order valence-electron chi connectivity index (χ1n) is 11.0. The van der Waals surface area contributed by atoms with Crippen molar-refractivity contribution in [3.8, 4) is 5.75 Å². The molecule has 2 heterocycles. The maximum Gasteiger partial charge on any atom is 0.191 e. The summed E-state index contributed by atoms with van der Waals surface area (Å²) in [6.45, 7) is 12.8. The Morgan fingerprint density at radius 2 is 2.00 bits per heavy atom. The molecule has 7 nitrogen and oxygen atoms in total. The highest BCUT2D eigenvalue weighted by molar-refractivity contribution is 5.79. The zero-order chi connectivity index (χ0) is 21.9. The average molecular weight is 426 g/mol. The predicted octanol–water partition coefficient (Wildman–Crippen LogP) is 2.83. The topological polar surface area (TPSA) is 71.0 Å². The van der Waals surface area contributed by atoms with Crippen LogP contribution >= 0.6 is 0 Å². The van der Waals surface area contributed by atoms with E-state index in [1.165, 1.54) is 0 Å². The molecule has 0 unspecified atom stereocenters. The van der Waals surface area contributed by atoms with Gasteiger partial charge in [-0.1, -0.05) is 18.2 Å². The Kier molecular flexibility index (Phi) is 8.67. The van der Waals surface area contributed by atoms with E-state index in [9.17, 15) is 0 Å². The van der Waals surface area contributed by atoms with Crippen LogP contribution in [0.4, 0.5) is 0 Å². The van der Waals surface area contributed by atoms with Gasteiger partial charge in [0.25, 0.3) is 0 Å². The Morgan fingerprint density at radius 3 is 2.74 bits per heavy atom. The lowest BCUT2D eigenvalue weighted by Gasteiger charge is -2.41. The van der Waals surface area contributed by atoms with Gasteiger partial charge in [0.15, 0.2) is 5.96 Å². The van der Waals surface area contributed by atoms with E-state index in [0.717, 1.165) is 62.4 Å². The molecule has 1 aromatic heterocycles. The number of aromatic nitrogens is 1. The largest absolute Gasteiger partial charge is 0.487 e. The molecule has 0 radical (unpaired) electrons. The highest BCUT2D eigenvalue weighted by Crippen LogP contribution is 2.16. The standard InChI is InChI=1S/C24H35N5O2/c1-4-25-23(28-19-24(2,3)29-12-14-30-15-13-29)27-17-20-8-7-10-22(16-20)31-18-21-9-5-6-11-26-21/h5-11,16H,4,12-15,17-19H2,1-3H3,(H2,25,27,28). The van der Waals surface area contributed by atoms with Gasteiger partial charge in [0.05, 0.1) is 25.5 Å². The molecule has 0 amide bonds. The first-order valence-corrected chi connectivity index (χ1v) is 11.0. The Morgan fingerprint density at radius 1 is 1.16 bits per heavy atom. The van der Waals surface area contributed by atoms with E-state index in [-0.39, 0.29) is 5.54 Å². The van der Waals surface area contributed by atoms with Crippen molar-refractivity contribution >= 4 is 5.96 Å². The smallest absolute Gasteiger partial charge is 0.191 e. The minimum atomic E-state index is 0.0270. The number of nitrogens with zero attached hydrogens (tertiary/aromatic N) is 3. The van der Waals surface area contributed by atoms with E-state index in [4.69, 9.17) is 14.5 Å². The van der Waals surface area contributed by atoms with E-state index >= 15 is 0 Å². The van der Waals surface area contributed by atoms with Crippen molar-refractivity contribution in [2.45, 2.75) is 39.5 Å². The predicted molar refractivity (Wildman–Crippen MR) is 124 cm³/mol. The van der Waals surface area contributed by atoms with E-state index in [1.54, 1.807) is 6.20 Å². The molecule has 0 atom stereocenters. The summed E-state index contributed by atoms with van der Waals surface area (Å²) in [7, 11) is 0. The molecule has 1 fully saturated rings. The van der Waals surface area contributed by atoms with E-state index < -0.39 is 0 Å². The van der Waals surface area contributed by atoms with Gasteiger partial charge in [-0.3, -0.25) is 9.88 Å². The van der Waals surface area contributed by atoms with Crippen molar-refractivity contribution in [1.29, 1.82) is 0 Å². The van der Waals surface area contributed by atoms with Crippen molar-refractivity contribution in [2.24, 2.45) is 4.99 Å². The van der Waals surface area contributed by atoms with Crippen LogP contribution in [0, 0.1) is 0 Å². The number of morpholine rings is 1. The summed E-state index contributed by atoms with van der Waals surface area (Å²) in [6, 6.07) is 13.9.